The molecule has 6 heteroatoms. The fourth-order valence-electron chi connectivity index (χ4n) is 2.89. The molecular weight excluding hydrogens is 272 g/mol. The van der Waals surface area contributed by atoms with Crippen molar-refractivity contribution in [3.63, 3.8) is 0 Å². The van der Waals surface area contributed by atoms with E-state index < -0.39 is 10.0 Å². The molecule has 18 heavy (non-hydrogen) atoms. The standard InChI is InChI=1S/C12H24N2O2S.ClH/c1-12(2,3)9-17(15,16)14-5-4-10-6-13-7-11(10)8-14;/h10-11,13H,4-9H2,1-3H3;1H. The van der Waals surface area contributed by atoms with Crippen LogP contribution < -0.4 is 5.32 Å². The van der Waals surface area contributed by atoms with Gasteiger partial charge in [-0.1, -0.05) is 20.8 Å². The van der Waals surface area contributed by atoms with E-state index in [4.69, 9.17) is 0 Å². The van der Waals surface area contributed by atoms with E-state index in [1.165, 1.54) is 0 Å². The van der Waals surface area contributed by atoms with E-state index in [1.54, 1.807) is 4.31 Å². The molecule has 0 amide bonds. The zero-order valence-corrected chi connectivity index (χ0v) is 13.1. The Balaban J connectivity index is 0.00000162. The molecule has 0 aromatic heterocycles. The van der Waals surface area contributed by atoms with Crippen LogP contribution in [0.5, 0.6) is 0 Å². The predicted octanol–water partition coefficient (Wildman–Crippen LogP) is 1.33. The largest absolute Gasteiger partial charge is 0.316 e. The van der Waals surface area contributed by atoms with Crippen molar-refractivity contribution >= 4 is 22.4 Å². The molecule has 2 rings (SSSR count). The Labute approximate surface area is 117 Å². The fraction of sp³-hybridized carbons (Fsp3) is 1.00. The van der Waals surface area contributed by atoms with Crippen LogP contribution in [-0.4, -0.2) is 44.7 Å². The first-order chi connectivity index (χ1) is 7.78. The molecule has 2 unspecified atom stereocenters. The van der Waals surface area contributed by atoms with Crippen molar-refractivity contribution in [2.24, 2.45) is 17.3 Å². The second-order valence-corrected chi connectivity index (χ2v) is 8.61. The molecule has 2 saturated heterocycles. The first kappa shape index (κ1) is 16.2. The minimum atomic E-state index is -3.07. The zero-order valence-electron chi connectivity index (χ0n) is 11.5. The van der Waals surface area contributed by atoms with Crippen molar-refractivity contribution in [1.29, 1.82) is 0 Å². The molecule has 2 aliphatic heterocycles. The molecule has 0 saturated carbocycles. The topological polar surface area (TPSA) is 49.4 Å². The maximum Gasteiger partial charge on any atom is 0.214 e. The quantitative estimate of drug-likeness (QED) is 0.836. The minimum Gasteiger partial charge on any atom is -0.316 e. The highest BCUT2D eigenvalue weighted by Gasteiger charge is 2.38. The SMILES string of the molecule is CC(C)(C)CS(=O)(=O)N1CCC2CNCC2C1.Cl. The highest BCUT2D eigenvalue weighted by atomic mass is 35.5. The van der Waals surface area contributed by atoms with Gasteiger partial charge in [0.05, 0.1) is 5.75 Å². The number of nitrogens with zero attached hydrogens (tertiary/aromatic N) is 1. The van der Waals surface area contributed by atoms with E-state index in [2.05, 4.69) is 5.32 Å². The van der Waals surface area contributed by atoms with Crippen LogP contribution in [0.1, 0.15) is 27.2 Å². The molecule has 0 aromatic carbocycles. The van der Waals surface area contributed by atoms with Crippen LogP contribution in [0, 0.1) is 17.3 Å². The summed E-state index contributed by atoms with van der Waals surface area (Å²) in [5.41, 5.74) is -0.163. The van der Waals surface area contributed by atoms with Gasteiger partial charge < -0.3 is 5.32 Å². The van der Waals surface area contributed by atoms with Gasteiger partial charge in [0, 0.05) is 13.1 Å². The average molecular weight is 297 g/mol. The van der Waals surface area contributed by atoms with Crippen molar-refractivity contribution in [2.45, 2.75) is 27.2 Å². The van der Waals surface area contributed by atoms with Gasteiger partial charge in [-0.05, 0) is 36.8 Å². The molecule has 0 radical (unpaired) electrons. The van der Waals surface area contributed by atoms with Crippen molar-refractivity contribution in [3.05, 3.63) is 0 Å². The number of halogens is 1. The minimum absolute atomic E-state index is 0. The maximum absolute atomic E-state index is 12.3. The number of nitrogens with one attached hydrogen (secondary N) is 1. The zero-order chi connectivity index (χ0) is 12.7. The number of hydrogen-bond donors (Lipinski definition) is 1. The molecule has 0 aromatic rings. The van der Waals surface area contributed by atoms with Crippen LogP contribution in [0.4, 0.5) is 0 Å². The summed E-state index contributed by atoms with van der Waals surface area (Å²) >= 11 is 0. The number of hydrogen-bond acceptors (Lipinski definition) is 3. The van der Waals surface area contributed by atoms with E-state index in [-0.39, 0.29) is 23.6 Å². The normalized spacial score (nSPS) is 29.7. The Morgan fingerprint density at radius 1 is 1.22 bits per heavy atom. The van der Waals surface area contributed by atoms with E-state index in [0.717, 1.165) is 26.1 Å². The number of sulfonamides is 1. The van der Waals surface area contributed by atoms with Gasteiger partial charge in [0.2, 0.25) is 10.0 Å². The highest BCUT2D eigenvalue weighted by molar-refractivity contribution is 7.89. The summed E-state index contributed by atoms with van der Waals surface area (Å²) in [5, 5.41) is 3.36. The molecule has 1 N–H and O–H groups in total. The summed E-state index contributed by atoms with van der Waals surface area (Å²) in [6.45, 7) is 9.42. The fourth-order valence-corrected chi connectivity index (χ4v) is 4.97. The van der Waals surface area contributed by atoms with Gasteiger partial charge in [-0.15, -0.1) is 12.4 Å². The summed E-state index contributed by atoms with van der Waals surface area (Å²) in [5.74, 6) is 1.47. The van der Waals surface area contributed by atoms with Gasteiger partial charge in [-0.2, -0.15) is 0 Å². The van der Waals surface area contributed by atoms with Gasteiger partial charge >= 0.3 is 0 Å². The predicted molar refractivity (Wildman–Crippen MR) is 76.5 cm³/mol. The Kier molecular flexibility index (Phi) is 5.09. The maximum atomic E-state index is 12.3. The molecule has 0 aliphatic carbocycles. The van der Waals surface area contributed by atoms with Gasteiger partial charge in [0.25, 0.3) is 0 Å². The van der Waals surface area contributed by atoms with Crippen LogP contribution in [-0.2, 0) is 10.0 Å². The molecule has 108 valence electrons. The summed E-state index contributed by atoms with van der Waals surface area (Å²) in [7, 11) is -3.07. The Bertz CT molecular complexity index is 378. The van der Waals surface area contributed by atoms with E-state index in [1.807, 2.05) is 20.8 Å². The highest BCUT2D eigenvalue weighted by Crippen LogP contribution is 2.29. The second-order valence-electron chi connectivity index (χ2n) is 6.64. The van der Waals surface area contributed by atoms with Crippen molar-refractivity contribution in [2.75, 3.05) is 31.9 Å². The van der Waals surface area contributed by atoms with E-state index in [9.17, 15) is 8.42 Å². The molecule has 2 fully saturated rings. The monoisotopic (exact) mass is 296 g/mol. The lowest BCUT2D eigenvalue weighted by Crippen LogP contribution is -2.45. The van der Waals surface area contributed by atoms with Gasteiger partial charge in [-0.3, -0.25) is 0 Å². The summed E-state index contributed by atoms with van der Waals surface area (Å²) in [6.07, 6.45) is 1.01. The molecule has 2 heterocycles. The molecule has 0 spiro atoms. The van der Waals surface area contributed by atoms with Crippen molar-refractivity contribution in [1.82, 2.24) is 9.62 Å². The molecule has 4 nitrogen and oxygen atoms in total. The van der Waals surface area contributed by atoms with Crippen LogP contribution in [0.25, 0.3) is 0 Å². The van der Waals surface area contributed by atoms with Crippen molar-refractivity contribution < 1.29 is 8.42 Å². The second kappa shape index (κ2) is 5.65. The van der Waals surface area contributed by atoms with Crippen LogP contribution in [0.2, 0.25) is 0 Å². The van der Waals surface area contributed by atoms with E-state index in [0.29, 0.717) is 18.4 Å². The number of rotatable bonds is 2. The Hall–Kier alpha value is 0.160. The summed E-state index contributed by atoms with van der Waals surface area (Å²) < 4.78 is 26.3. The molecular formula is C12H25ClN2O2S. The van der Waals surface area contributed by atoms with Gasteiger partial charge in [0.15, 0.2) is 0 Å². The van der Waals surface area contributed by atoms with Crippen LogP contribution in [0.3, 0.4) is 0 Å². The molecule has 2 atom stereocenters. The average Bonchev–Trinajstić information content (AvgIpc) is 2.59. The smallest absolute Gasteiger partial charge is 0.214 e. The van der Waals surface area contributed by atoms with Gasteiger partial charge in [-0.25, -0.2) is 12.7 Å². The summed E-state index contributed by atoms with van der Waals surface area (Å²) in [6, 6.07) is 0. The summed E-state index contributed by atoms with van der Waals surface area (Å²) in [4.78, 5) is 0. The lowest BCUT2D eigenvalue weighted by Gasteiger charge is -2.35. The van der Waals surface area contributed by atoms with Gasteiger partial charge in [0.1, 0.15) is 0 Å². The van der Waals surface area contributed by atoms with Crippen LogP contribution in [0.15, 0.2) is 0 Å². The lowest BCUT2D eigenvalue weighted by molar-refractivity contribution is 0.226. The third-order valence-electron chi connectivity index (χ3n) is 3.68. The lowest BCUT2D eigenvalue weighted by atomic mass is 9.90. The van der Waals surface area contributed by atoms with Crippen molar-refractivity contribution in [3.8, 4) is 0 Å². The number of piperidine rings is 1. The number of fused-ring (bicyclic) bond motifs is 1. The van der Waals surface area contributed by atoms with E-state index >= 15 is 0 Å². The first-order valence-electron chi connectivity index (χ1n) is 6.46. The Morgan fingerprint density at radius 2 is 1.83 bits per heavy atom. The first-order valence-corrected chi connectivity index (χ1v) is 8.07. The van der Waals surface area contributed by atoms with Crippen LogP contribution >= 0.6 is 12.4 Å². The molecule has 0 bridgehead atoms. The third kappa shape index (κ3) is 3.83. The Morgan fingerprint density at radius 3 is 2.44 bits per heavy atom. The third-order valence-corrected chi connectivity index (χ3v) is 6.03. The molecule has 2 aliphatic rings.